The number of Topliss-reactive ketones (excluding diaryl/α,β-unsaturated/α-hetero) is 1. The number of para-hydroxylation sites is 2. The summed E-state index contributed by atoms with van der Waals surface area (Å²) in [5, 5.41) is 0. The number of hydrogen-bond donors (Lipinski definition) is 0. The molecule has 1 atom stereocenters. The Morgan fingerprint density at radius 2 is 1.75 bits per heavy atom. The summed E-state index contributed by atoms with van der Waals surface area (Å²) in [4.78, 5) is 20.3. The highest BCUT2D eigenvalue weighted by Gasteiger charge is 2.16. The van der Waals surface area contributed by atoms with Gasteiger partial charge >= 0.3 is 0 Å². The Morgan fingerprint density at radius 3 is 2.31 bits per heavy atom. The van der Waals surface area contributed by atoms with Crippen LogP contribution in [0.25, 0.3) is 11.0 Å². The number of aromatic nitrogens is 2. The van der Waals surface area contributed by atoms with Crippen LogP contribution in [0.4, 0.5) is 0 Å². The van der Waals surface area contributed by atoms with Crippen LogP contribution < -0.4 is 0 Å². The van der Waals surface area contributed by atoms with Crippen molar-refractivity contribution in [1.82, 2.24) is 9.97 Å². The molecule has 3 nitrogen and oxygen atoms in total. The van der Waals surface area contributed by atoms with Gasteiger partial charge in [0.2, 0.25) is 0 Å². The molecule has 0 aliphatic carbocycles. The van der Waals surface area contributed by atoms with Crippen molar-refractivity contribution >= 4 is 16.8 Å². The highest BCUT2D eigenvalue weighted by Crippen LogP contribution is 2.20. The van der Waals surface area contributed by atoms with E-state index in [0.29, 0.717) is 0 Å². The highest BCUT2D eigenvalue weighted by molar-refractivity contribution is 5.83. The zero-order chi connectivity index (χ0) is 11.7. The fraction of sp³-hybridized carbons (Fsp3) is 0.308. The van der Waals surface area contributed by atoms with Gasteiger partial charge in [-0.25, -0.2) is 9.97 Å². The van der Waals surface area contributed by atoms with E-state index in [9.17, 15) is 4.79 Å². The van der Waals surface area contributed by atoms with Crippen molar-refractivity contribution in [1.29, 1.82) is 0 Å². The molecule has 0 spiro atoms. The Labute approximate surface area is 94.5 Å². The third kappa shape index (κ3) is 1.81. The molecule has 0 aliphatic heterocycles. The second kappa shape index (κ2) is 4.00. The summed E-state index contributed by atoms with van der Waals surface area (Å²) in [5.41, 5.74) is 3.34. The summed E-state index contributed by atoms with van der Waals surface area (Å²) in [6.45, 7) is 5.35. The molecule has 1 aromatic carbocycles. The molecule has 0 N–H and O–H groups in total. The lowest BCUT2D eigenvalue weighted by atomic mass is 10.0. The molecule has 1 aromatic heterocycles. The maximum Gasteiger partial charge on any atom is 0.138 e. The maximum absolute atomic E-state index is 11.4. The van der Waals surface area contributed by atoms with E-state index < -0.39 is 0 Å². The molecule has 0 amide bonds. The molecule has 0 saturated carbocycles. The molecule has 2 aromatic rings. The van der Waals surface area contributed by atoms with Gasteiger partial charge in [-0.3, -0.25) is 4.79 Å². The van der Waals surface area contributed by atoms with E-state index in [2.05, 4.69) is 9.97 Å². The Hall–Kier alpha value is -1.77. The molecule has 16 heavy (non-hydrogen) atoms. The number of carbonyl (C=O) groups is 1. The number of hydrogen-bond acceptors (Lipinski definition) is 3. The van der Waals surface area contributed by atoms with E-state index in [1.54, 1.807) is 6.92 Å². The smallest absolute Gasteiger partial charge is 0.138 e. The van der Waals surface area contributed by atoms with Crippen molar-refractivity contribution in [3.05, 3.63) is 35.7 Å². The predicted molar refractivity (Wildman–Crippen MR) is 63.4 cm³/mol. The summed E-state index contributed by atoms with van der Waals surface area (Å²) in [6.07, 6.45) is 0. The van der Waals surface area contributed by atoms with E-state index in [-0.39, 0.29) is 11.7 Å². The first-order chi connectivity index (χ1) is 7.59. The molecule has 0 saturated heterocycles. The van der Waals surface area contributed by atoms with Crippen LogP contribution in [0.5, 0.6) is 0 Å². The highest BCUT2D eigenvalue weighted by atomic mass is 16.1. The summed E-state index contributed by atoms with van der Waals surface area (Å²) >= 11 is 0. The van der Waals surface area contributed by atoms with Crippen LogP contribution in [0.3, 0.4) is 0 Å². The van der Waals surface area contributed by atoms with Gasteiger partial charge in [-0.15, -0.1) is 0 Å². The number of fused-ring (bicyclic) bond motifs is 1. The fourth-order valence-electron chi connectivity index (χ4n) is 1.70. The Kier molecular flexibility index (Phi) is 2.69. The van der Waals surface area contributed by atoms with Gasteiger partial charge < -0.3 is 0 Å². The number of ketones is 1. The molecule has 0 aliphatic rings. The first-order valence-electron chi connectivity index (χ1n) is 5.33. The van der Waals surface area contributed by atoms with Gasteiger partial charge in [0.25, 0.3) is 0 Å². The van der Waals surface area contributed by atoms with Crippen molar-refractivity contribution in [2.45, 2.75) is 26.7 Å². The van der Waals surface area contributed by atoms with Crippen LogP contribution in [-0.4, -0.2) is 15.8 Å². The van der Waals surface area contributed by atoms with Gasteiger partial charge in [-0.1, -0.05) is 12.1 Å². The molecule has 82 valence electrons. The van der Waals surface area contributed by atoms with E-state index in [4.69, 9.17) is 0 Å². The van der Waals surface area contributed by atoms with Crippen LogP contribution in [0.15, 0.2) is 24.3 Å². The van der Waals surface area contributed by atoms with Gasteiger partial charge in [-0.05, 0) is 32.9 Å². The zero-order valence-corrected chi connectivity index (χ0v) is 9.69. The third-order valence-corrected chi connectivity index (χ3v) is 2.80. The largest absolute Gasteiger partial charge is 0.299 e. The second-order valence-corrected chi connectivity index (χ2v) is 4.02. The monoisotopic (exact) mass is 214 g/mol. The summed E-state index contributed by atoms with van der Waals surface area (Å²) in [5.74, 6) is -0.0650. The minimum Gasteiger partial charge on any atom is -0.299 e. The van der Waals surface area contributed by atoms with E-state index >= 15 is 0 Å². The van der Waals surface area contributed by atoms with Gasteiger partial charge in [-0.2, -0.15) is 0 Å². The topological polar surface area (TPSA) is 42.9 Å². The van der Waals surface area contributed by atoms with Crippen molar-refractivity contribution in [2.24, 2.45) is 0 Å². The SMILES string of the molecule is CC(=O)C(C)c1nc2ccccc2nc1C. The lowest BCUT2D eigenvalue weighted by Gasteiger charge is -2.10. The third-order valence-electron chi connectivity index (χ3n) is 2.80. The molecular formula is C13H14N2O. The maximum atomic E-state index is 11.4. The van der Waals surface area contributed by atoms with Crippen molar-refractivity contribution in [2.75, 3.05) is 0 Å². The lowest BCUT2D eigenvalue weighted by molar-refractivity contribution is -0.118. The van der Waals surface area contributed by atoms with Crippen molar-refractivity contribution < 1.29 is 4.79 Å². The summed E-state index contributed by atoms with van der Waals surface area (Å²) < 4.78 is 0. The van der Waals surface area contributed by atoms with Crippen LogP contribution in [0.2, 0.25) is 0 Å². The molecule has 3 heteroatoms. The van der Waals surface area contributed by atoms with Gasteiger partial charge in [0, 0.05) is 0 Å². The minimum atomic E-state index is -0.183. The zero-order valence-electron chi connectivity index (χ0n) is 9.69. The van der Waals surface area contributed by atoms with Crippen molar-refractivity contribution in [3.8, 4) is 0 Å². The Morgan fingerprint density at radius 1 is 1.19 bits per heavy atom. The Balaban J connectivity index is 2.62. The van der Waals surface area contributed by atoms with Gasteiger partial charge in [0.05, 0.1) is 28.3 Å². The van der Waals surface area contributed by atoms with Gasteiger partial charge in [0.1, 0.15) is 5.78 Å². The molecular weight excluding hydrogens is 200 g/mol. The van der Waals surface area contributed by atoms with Crippen LogP contribution in [0.1, 0.15) is 31.2 Å². The molecule has 0 fully saturated rings. The van der Waals surface area contributed by atoms with Crippen LogP contribution in [0, 0.1) is 6.92 Å². The lowest BCUT2D eigenvalue weighted by Crippen LogP contribution is -2.09. The number of carbonyl (C=O) groups excluding carboxylic acids is 1. The summed E-state index contributed by atoms with van der Waals surface area (Å²) in [6, 6.07) is 7.70. The number of rotatable bonds is 2. The quantitative estimate of drug-likeness (QED) is 0.771. The first kappa shape index (κ1) is 10.7. The average molecular weight is 214 g/mol. The molecule has 2 rings (SSSR count). The molecule has 0 radical (unpaired) electrons. The first-order valence-corrected chi connectivity index (χ1v) is 5.33. The van der Waals surface area contributed by atoms with Crippen LogP contribution in [-0.2, 0) is 4.79 Å². The predicted octanol–water partition coefficient (Wildman–Crippen LogP) is 2.63. The van der Waals surface area contributed by atoms with Crippen LogP contribution >= 0.6 is 0 Å². The van der Waals surface area contributed by atoms with Crippen molar-refractivity contribution in [3.63, 3.8) is 0 Å². The molecule has 1 heterocycles. The normalized spacial score (nSPS) is 12.7. The number of nitrogens with zero attached hydrogens (tertiary/aromatic N) is 2. The van der Waals surface area contributed by atoms with E-state index in [1.807, 2.05) is 38.1 Å². The Bertz CT molecular complexity index is 549. The standard InChI is InChI=1S/C13H14N2O/c1-8(10(3)16)13-9(2)14-11-6-4-5-7-12(11)15-13/h4-8H,1-3H3. The van der Waals surface area contributed by atoms with Gasteiger partial charge in [0.15, 0.2) is 0 Å². The number of benzene rings is 1. The number of aryl methyl sites for hydroxylation is 1. The molecule has 0 bridgehead atoms. The summed E-state index contributed by atoms with van der Waals surface area (Å²) in [7, 11) is 0. The molecule has 1 unspecified atom stereocenters. The minimum absolute atomic E-state index is 0.118. The average Bonchev–Trinajstić information content (AvgIpc) is 2.27. The second-order valence-electron chi connectivity index (χ2n) is 4.02. The van der Waals surface area contributed by atoms with E-state index in [1.165, 1.54) is 0 Å². The van der Waals surface area contributed by atoms with E-state index in [0.717, 1.165) is 22.4 Å². The fourth-order valence-corrected chi connectivity index (χ4v) is 1.70.